The summed E-state index contributed by atoms with van der Waals surface area (Å²) in [6.07, 6.45) is -0.302. The van der Waals surface area contributed by atoms with Gasteiger partial charge in [0.15, 0.2) is 11.4 Å². The fraction of sp³-hybridized carbons (Fsp3) is 0.231. The summed E-state index contributed by atoms with van der Waals surface area (Å²) >= 11 is 3.44. The standard InChI is InChI=1S/C26H24BrNO3/c1-16-4-7-19(8-5-16)15-28-23-11-9-20(27)13-22(23)26(31,25(28)30)14-24(29)21-10-6-17(2)12-18(21)3/h4-13,31H,14-15H2,1-3H3. The lowest BCUT2D eigenvalue weighted by Gasteiger charge is -2.23. The van der Waals surface area contributed by atoms with Crippen molar-refractivity contribution in [3.63, 3.8) is 0 Å². The van der Waals surface area contributed by atoms with Crippen molar-refractivity contribution in [1.29, 1.82) is 0 Å². The molecular formula is C26H24BrNO3. The molecule has 31 heavy (non-hydrogen) atoms. The van der Waals surface area contributed by atoms with E-state index in [4.69, 9.17) is 0 Å². The summed E-state index contributed by atoms with van der Waals surface area (Å²) in [5, 5.41) is 11.6. The number of Topliss-reactive ketones (excluding diaryl/α,β-unsaturated/α-hetero) is 1. The van der Waals surface area contributed by atoms with Gasteiger partial charge < -0.3 is 10.0 Å². The number of fused-ring (bicyclic) bond motifs is 1. The molecule has 4 nitrogen and oxygen atoms in total. The van der Waals surface area contributed by atoms with E-state index < -0.39 is 11.5 Å². The van der Waals surface area contributed by atoms with E-state index in [1.165, 1.54) is 0 Å². The molecule has 0 bridgehead atoms. The first kappa shape index (κ1) is 21.5. The second-order valence-corrected chi connectivity index (χ2v) is 9.23. The number of halogens is 1. The highest BCUT2D eigenvalue weighted by Crippen LogP contribution is 2.45. The van der Waals surface area contributed by atoms with Crippen molar-refractivity contribution in [3.8, 4) is 0 Å². The van der Waals surface area contributed by atoms with Crippen LogP contribution in [-0.4, -0.2) is 16.8 Å². The Balaban J connectivity index is 1.71. The number of nitrogens with zero attached hydrogens (tertiary/aromatic N) is 1. The molecule has 5 heteroatoms. The number of anilines is 1. The summed E-state index contributed by atoms with van der Waals surface area (Å²) in [6, 6.07) is 18.9. The first-order valence-corrected chi connectivity index (χ1v) is 11.0. The molecule has 0 spiro atoms. The Kier molecular flexibility index (Phi) is 5.58. The molecule has 3 aromatic rings. The number of rotatable bonds is 5. The van der Waals surface area contributed by atoms with Crippen molar-refractivity contribution in [2.45, 2.75) is 39.3 Å². The number of hydrogen-bond donors (Lipinski definition) is 1. The lowest BCUT2D eigenvalue weighted by atomic mass is 9.87. The molecule has 0 radical (unpaired) electrons. The number of hydrogen-bond acceptors (Lipinski definition) is 3. The Morgan fingerprint density at radius 3 is 2.32 bits per heavy atom. The SMILES string of the molecule is Cc1ccc(CN2C(=O)C(O)(CC(=O)c3ccc(C)cc3C)c3cc(Br)ccc32)cc1. The van der Waals surface area contributed by atoms with Crippen LogP contribution in [-0.2, 0) is 16.9 Å². The van der Waals surface area contributed by atoms with Gasteiger partial charge >= 0.3 is 0 Å². The van der Waals surface area contributed by atoms with Crippen LogP contribution in [0.1, 0.15) is 44.6 Å². The Bertz CT molecular complexity index is 1190. The molecule has 1 unspecified atom stereocenters. The minimum atomic E-state index is -1.90. The number of ketones is 1. The summed E-state index contributed by atoms with van der Waals surface area (Å²) in [5.74, 6) is -0.726. The Labute approximate surface area is 190 Å². The quantitative estimate of drug-likeness (QED) is 0.501. The van der Waals surface area contributed by atoms with Crippen LogP contribution in [0.5, 0.6) is 0 Å². The van der Waals surface area contributed by atoms with Crippen LogP contribution in [0, 0.1) is 20.8 Å². The number of carbonyl (C=O) groups excluding carboxylic acids is 2. The monoisotopic (exact) mass is 477 g/mol. The highest BCUT2D eigenvalue weighted by atomic mass is 79.9. The van der Waals surface area contributed by atoms with Gasteiger partial charge in [-0.15, -0.1) is 0 Å². The van der Waals surface area contributed by atoms with Gasteiger partial charge in [0, 0.05) is 15.6 Å². The lowest BCUT2D eigenvalue weighted by molar-refractivity contribution is -0.136. The van der Waals surface area contributed by atoms with E-state index in [1.54, 1.807) is 17.0 Å². The van der Waals surface area contributed by atoms with Crippen LogP contribution >= 0.6 is 15.9 Å². The highest BCUT2D eigenvalue weighted by Gasteiger charge is 2.51. The summed E-state index contributed by atoms with van der Waals surface area (Å²) in [4.78, 5) is 28.2. The van der Waals surface area contributed by atoms with E-state index in [0.717, 1.165) is 26.7 Å². The first-order chi connectivity index (χ1) is 14.7. The molecule has 1 amide bonds. The van der Waals surface area contributed by atoms with E-state index >= 15 is 0 Å². The van der Waals surface area contributed by atoms with E-state index in [0.29, 0.717) is 23.4 Å². The summed E-state index contributed by atoms with van der Waals surface area (Å²) in [6.45, 7) is 6.17. The van der Waals surface area contributed by atoms with Gasteiger partial charge in [0.05, 0.1) is 18.7 Å². The second kappa shape index (κ2) is 8.06. The van der Waals surface area contributed by atoms with E-state index in [-0.39, 0.29) is 12.2 Å². The largest absolute Gasteiger partial charge is 0.375 e. The lowest BCUT2D eigenvalue weighted by Crippen LogP contribution is -2.41. The Hall–Kier alpha value is -2.76. The molecule has 0 fully saturated rings. The normalized spacial score (nSPS) is 17.7. The first-order valence-electron chi connectivity index (χ1n) is 10.2. The molecule has 3 aromatic carbocycles. The number of amides is 1. The zero-order valence-electron chi connectivity index (χ0n) is 17.8. The highest BCUT2D eigenvalue weighted by molar-refractivity contribution is 9.10. The van der Waals surface area contributed by atoms with Crippen LogP contribution in [0.2, 0.25) is 0 Å². The fourth-order valence-corrected chi connectivity index (χ4v) is 4.54. The number of aliphatic hydroxyl groups is 1. The molecule has 0 saturated heterocycles. The molecule has 4 rings (SSSR count). The number of carbonyl (C=O) groups is 2. The zero-order valence-corrected chi connectivity index (χ0v) is 19.4. The van der Waals surface area contributed by atoms with Crippen molar-refractivity contribution in [2.75, 3.05) is 4.90 Å². The average molecular weight is 478 g/mol. The molecule has 1 heterocycles. The minimum Gasteiger partial charge on any atom is -0.375 e. The molecule has 1 aliphatic rings. The smallest absolute Gasteiger partial charge is 0.264 e. The second-order valence-electron chi connectivity index (χ2n) is 8.32. The predicted molar refractivity (Wildman–Crippen MR) is 125 cm³/mol. The molecule has 1 atom stereocenters. The third kappa shape index (κ3) is 3.95. The van der Waals surface area contributed by atoms with Gasteiger partial charge in [-0.05, 0) is 50.1 Å². The fourth-order valence-electron chi connectivity index (χ4n) is 4.18. The van der Waals surface area contributed by atoms with Gasteiger partial charge in [0.1, 0.15) is 0 Å². The zero-order chi connectivity index (χ0) is 22.3. The van der Waals surface area contributed by atoms with Crippen molar-refractivity contribution >= 4 is 33.3 Å². The number of benzene rings is 3. The third-order valence-corrected chi connectivity index (χ3v) is 6.35. The molecule has 1 N–H and O–H groups in total. The van der Waals surface area contributed by atoms with Gasteiger partial charge in [-0.3, -0.25) is 9.59 Å². The molecule has 1 aliphatic heterocycles. The van der Waals surface area contributed by atoms with Gasteiger partial charge in [-0.25, -0.2) is 0 Å². The number of aryl methyl sites for hydroxylation is 3. The molecular weight excluding hydrogens is 454 g/mol. The third-order valence-electron chi connectivity index (χ3n) is 5.85. The summed E-state index contributed by atoms with van der Waals surface area (Å²) in [7, 11) is 0. The van der Waals surface area contributed by atoms with Crippen LogP contribution in [0.15, 0.2) is 65.1 Å². The maximum Gasteiger partial charge on any atom is 0.264 e. The van der Waals surface area contributed by atoms with Gasteiger partial charge in [0.2, 0.25) is 0 Å². The van der Waals surface area contributed by atoms with Crippen molar-refractivity contribution < 1.29 is 14.7 Å². The van der Waals surface area contributed by atoms with Crippen molar-refractivity contribution in [2.24, 2.45) is 0 Å². The maximum absolute atomic E-state index is 13.5. The maximum atomic E-state index is 13.5. The van der Waals surface area contributed by atoms with Gasteiger partial charge in [0.25, 0.3) is 5.91 Å². The Morgan fingerprint density at radius 1 is 0.968 bits per heavy atom. The average Bonchev–Trinajstić information content (AvgIpc) is 2.91. The predicted octanol–water partition coefficient (Wildman–Crippen LogP) is 5.38. The Morgan fingerprint density at radius 2 is 1.65 bits per heavy atom. The van der Waals surface area contributed by atoms with Crippen LogP contribution in [0.3, 0.4) is 0 Å². The van der Waals surface area contributed by atoms with Crippen molar-refractivity contribution in [1.82, 2.24) is 0 Å². The van der Waals surface area contributed by atoms with Crippen LogP contribution < -0.4 is 4.90 Å². The van der Waals surface area contributed by atoms with Crippen LogP contribution in [0.25, 0.3) is 0 Å². The molecule has 0 saturated carbocycles. The minimum absolute atomic E-state index is 0.253. The van der Waals surface area contributed by atoms with E-state index in [1.807, 2.05) is 69.3 Å². The van der Waals surface area contributed by atoms with E-state index in [2.05, 4.69) is 15.9 Å². The van der Waals surface area contributed by atoms with Crippen molar-refractivity contribution in [3.05, 3.63) is 98.5 Å². The van der Waals surface area contributed by atoms with Crippen LogP contribution in [0.4, 0.5) is 5.69 Å². The molecule has 158 valence electrons. The topological polar surface area (TPSA) is 57.6 Å². The summed E-state index contributed by atoms with van der Waals surface area (Å²) < 4.78 is 0.744. The van der Waals surface area contributed by atoms with Gasteiger partial charge in [-0.2, -0.15) is 0 Å². The van der Waals surface area contributed by atoms with Gasteiger partial charge in [-0.1, -0.05) is 69.5 Å². The van der Waals surface area contributed by atoms with E-state index in [9.17, 15) is 14.7 Å². The molecule has 0 aromatic heterocycles. The molecule has 0 aliphatic carbocycles. The summed E-state index contributed by atoms with van der Waals surface area (Å²) in [5.41, 5.74) is 3.70.